The second-order valence-corrected chi connectivity index (χ2v) is 6.58. The molecule has 2 aromatic rings. The van der Waals surface area contributed by atoms with Crippen LogP contribution in [-0.2, 0) is 0 Å². The zero-order valence-corrected chi connectivity index (χ0v) is 14.3. The first-order valence-corrected chi connectivity index (χ1v) is 8.98. The SMILES string of the molecule is CCCCNC1CCC(NC(=O)Nc2c[nH]c3ccncc23)CC1. The summed E-state index contributed by atoms with van der Waals surface area (Å²) in [6, 6.07) is 2.63. The second kappa shape index (κ2) is 8.15. The zero-order chi connectivity index (χ0) is 16.8. The quantitative estimate of drug-likeness (QED) is 0.613. The number of pyridine rings is 1. The molecule has 0 spiro atoms. The molecule has 0 bridgehead atoms. The van der Waals surface area contributed by atoms with Crippen molar-refractivity contribution in [3.8, 4) is 0 Å². The van der Waals surface area contributed by atoms with Gasteiger partial charge in [0.05, 0.1) is 11.2 Å². The minimum absolute atomic E-state index is 0.137. The van der Waals surface area contributed by atoms with Crippen LogP contribution in [0, 0.1) is 0 Å². The highest BCUT2D eigenvalue weighted by Crippen LogP contribution is 2.22. The van der Waals surface area contributed by atoms with E-state index < -0.39 is 0 Å². The summed E-state index contributed by atoms with van der Waals surface area (Å²) < 4.78 is 0. The number of hydrogen-bond acceptors (Lipinski definition) is 3. The molecule has 6 heteroatoms. The van der Waals surface area contributed by atoms with Crippen molar-refractivity contribution in [1.82, 2.24) is 20.6 Å². The normalized spacial score (nSPS) is 20.9. The Morgan fingerprint density at radius 2 is 2.08 bits per heavy atom. The predicted molar refractivity (Wildman–Crippen MR) is 97.2 cm³/mol. The highest BCUT2D eigenvalue weighted by atomic mass is 16.2. The molecule has 6 nitrogen and oxygen atoms in total. The molecule has 1 aliphatic rings. The number of urea groups is 1. The number of H-pyrrole nitrogens is 1. The fraction of sp³-hybridized carbons (Fsp3) is 0.556. The Hall–Kier alpha value is -2.08. The topological polar surface area (TPSA) is 81.8 Å². The summed E-state index contributed by atoms with van der Waals surface area (Å²) in [6.07, 6.45) is 12.1. The van der Waals surface area contributed by atoms with Crippen molar-refractivity contribution in [3.63, 3.8) is 0 Å². The molecule has 0 saturated heterocycles. The number of nitrogens with zero attached hydrogens (tertiary/aromatic N) is 1. The van der Waals surface area contributed by atoms with Gasteiger partial charge in [-0.2, -0.15) is 0 Å². The third-order valence-electron chi connectivity index (χ3n) is 4.76. The molecule has 1 aliphatic carbocycles. The Morgan fingerprint density at radius 1 is 1.29 bits per heavy atom. The third-order valence-corrected chi connectivity index (χ3v) is 4.76. The van der Waals surface area contributed by atoms with Crippen molar-refractivity contribution < 1.29 is 4.79 Å². The molecule has 1 fully saturated rings. The van der Waals surface area contributed by atoms with Crippen LogP contribution in [0.1, 0.15) is 45.4 Å². The van der Waals surface area contributed by atoms with Crippen LogP contribution in [0.2, 0.25) is 0 Å². The molecule has 0 atom stereocenters. The van der Waals surface area contributed by atoms with Crippen LogP contribution in [0.25, 0.3) is 10.9 Å². The fourth-order valence-corrected chi connectivity index (χ4v) is 3.33. The first kappa shape index (κ1) is 16.8. The average molecular weight is 329 g/mol. The number of fused-ring (bicyclic) bond motifs is 1. The summed E-state index contributed by atoms with van der Waals surface area (Å²) in [5, 5.41) is 10.6. The van der Waals surface area contributed by atoms with E-state index in [9.17, 15) is 4.79 Å². The van der Waals surface area contributed by atoms with Crippen molar-refractivity contribution in [2.24, 2.45) is 0 Å². The Bertz CT molecular complexity index is 660. The van der Waals surface area contributed by atoms with E-state index in [-0.39, 0.29) is 12.1 Å². The molecule has 0 unspecified atom stereocenters. The largest absolute Gasteiger partial charge is 0.359 e. The summed E-state index contributed by atoms with van der Waals surface area (Å²) in [7, 11) is 0. The monoisotopic (exact) mass is 329 g/mol. The first-order chi connectivity index (χ1) is 11.8. The van der Waals surface area contributed by atoms with E-state index in [0.717, 1.165) is 48.8 Å². The van der Waals surface area contributed by atoms with Gasteiger partial charge in [0.25, 0.3) is 0 Å². The maximum absolute atomic E-state index is 12.2. The maximum atomic E-state index is 12.2. The summed E-state index contributed by atoms with van der Waals surface area (Å²) in [5.74, 6) is 0. The van der Waals surface area contributed by atoms with Gasteiger partial charge in [-0.25, -0.2) is 4.79 Å². The van der Waals surface area contributed by atoms with Crippen molar-refractivity contribution in [2.75, 3.05) is 11.9 Å². The van der Waals surface area contributed by atoms with E-state index in [1.165, 1.54) is 12.8 Å². The fourth-order valence-electron chi connectivity index (χ4n) is 3.33. The number of carbonyl (C=O) groups is 1. The molecule has 0 radical (unpaired) electrons. The van der Waals surface area contributed by atoms with E-state index in [1.807, 2.05) is 6.07 Å². The Balaban J connectivity index is 1.44. The number of aromatic nitrogens is 2. The minimum atomic E-state index is -0.137. The van der Waals surface area contributed by atoms with Gasteiger partial charge in [-0.1, -0.05) is 13.3 Å². The Morgan fingerprint density at radius 3 is 2.88 bits per heavy atom. The lowest BCUT2D eigenvalue weighted by Crippen LogP contribution is -2.43. The number of carbonyl (C=O) groups excluding carboxylic acids is 1. The number of amides is 2. The van der Waals surface area contributed by atoms with Crippen LogP contribution in [0.5, 0.6) is 0 Å². The molecule has 4 N–H and O–H groups in total. The average Bonchev–Trinajstić information content (AvgIpc) is 3.00. The molecule has 2 aromatic heterocycles. The Labute approximate surface area is 142 Å². The lowest BCUT2D eigenvalue weighted by molar-refractivity contribution is 0.240. The highest BCUT2D eigenvalue weighted by Gasteiger charge is 2.22. The Kier molecular flexibility index (Phi) is 5.69. The lowest BCUT2D eigenvalue weighted by Gasteiger charge is -2.29. The van der Waals surface area contributed by atoms with Gasteiger partial charge >= 0.3 is 6.03 Å². The van der Waals surface area contributed by atoms with Gasteiger partial charge in [-0.05, 0) is 44.7 Å². The highest BCUT2D eigenvalue weighted by molar-refractivity contribution is 6.00. The van der Waals surface area contributed by atoms with Gasteiger partial charge in [0, 0.05) is 36.1 Å². The molecule has 130 valence electrons. The van der Waals surface area contributed by atoms with Crippen LogP contribution < -0.4 is 16.0 Å². The van der Waals surface area contributed by atoms with Crippen LogP contribution in [0.15, 0.2) is 24.7 Å². The third kappa shape index (κ3) is 4.26. The predicted octanol–water partition coefficient (Wildman–Crippen LogP) is 3.39. The first-order valence-electron chi connectivity index (χ1n) is 8.98. The van der Waals surface area contributed by atoms with Gasteiger partial charge in [0.15, 0.2) is 0 Å². The number of nitrogens with one attached hydrogen (secondary N) is 4. The van der Waals surface area contributed by atoms with E-state index in [2.05, 4.69) is 32.8 Å². The number of rotatable bonds is 6. The molecule has 1 saturated carbocycles. The van der Waals surface area contributed by atoms with Gasteiger partial charge < -0.3 is 20.9 Å². The van der Waals surface area contributed by atoms with Crippen molar-refractivity contribution in [3.05, 3.63) is 24.7 Å². The molecule has 3 rings (SSSR count). The minimum Gasteiger partial charge on any atom is -0.359 e. The summed E-state index contributed by atoms with van der Waals surface area (Å²) in [6.45, 7) is 3.32. The van der Waals surface area contributed by atoms with Gasteiger partial charge in [0.1, 0.15) is 0 Å². The van der Waals surface area contributed by atoms with E-state index in [4.69, 9.17) is 0 Å². The number of anilines is 1. The summed E-state index contributed by atoms with van der Waals surface area (Å²) >= 11 is 0. The van der Waals surface area contributed by atoms with E-state index in [0.29, 0.717) is 6.04 Å². The van der Waals surface area contributed by atoms with Crippen molar-refractivity contribution >= 4 is 22.6 Å². The van der Waals surface area contributed by atoms with E-state index in [1.54, 1.807) is 18.6 Å². The van der Waals surface area contributed by atoms with Crippen LogP contribution in [0.4, 0.5) is 10.5 Å². The molecular formula is C18H27N5O. The van der Waals surface area contributed by atoms with E-state index >= 15 is 0 Å². The number of hydrogen-bond donors (Lipinski definition) is 4. The molecule has 2 heterocycles. The maximum Gasteiger partial charge on any atom is 0.319 e. The molecule has 2 amide bonds. The summed E-state index contributed by atoms with van der Waals surface area (Å²) in [5.41, 5.74) is 1.74. The molecular weight excluding hydrogens is 302 g/mol. The smallest absolute Gasteiger partial charge is 0.319 e. The van der Waals surface area contributed by atoms with Gasteiger partial charge in [0.2, 0.25) is 0 Å². The van der Waals surface area contributed by atoms with Crippen LogP contribution >= 0.6 is 0 Å². The standard InChI is InChI=1S/C18H27N5O/c1-2-3-9-20-13-4-6-14(7-5-13)22-18(24)23-17-12-21-16-8-10-19-11-15(16)17/h8,10-14,20-21H,2-7,9H2,1H3,(H2,22,23,24). The van der Waals surface area contributed by atoms with Gasteiger partial charge in [-0.15, -0.1) is 0 Å². The molecule has 0 aromatic carbocycles. The summed E-state index contributed by atoms with van der Waals surface area (Å²) in [4.78, 5) is 19.5. The number of unbranched alkanes of at least 4 members (excludes halogenated alkanes) is 1. The van der Waals surface area contributed by atoms with Crippen LogP contribution in [0.3, 0.4) is 0 Å². The van der Waals surface area contributed by atoms with Gasteiger partial charge in [-0.3, -0.25) is 4.98 Å². The molecule has 24 heavy (non-hydrogen) atoms. The zero-order valence-electron chi connectivity index (χ0n) is 14.3. The van der Waals surface area contributed by atoms with Crippen molar-refractivity contribution in [1.29, 1.82) is 0 Å². The lowest BCUT2D eigenvalue weighted by atomic mass is 9.91. The second-order valence-electron chi connectivity index (χ2n) is 6.58. The number of aromatic amines is 1. The van der Waals surface area contributed by atoms with Crippen molar-refractivity contribution in [2.45, 2.75) is 57.5 Å². The van der Waals surface area contributed by atoms with Crippen LogP contribution in [-0.4, -0.2) is 34.6 Å². The molecule has 0 aliphatic heterocycles.